The molecule has 0 saturated carbocycles. The SMILES string of the molecule is C=C(N[C@H](O)CCCNC(=N)N)[C@@H](C)CCC(N)=O. The third-order valence-electron chi connectivity index (χ3n) is 2.74. The molecule has 0 heterocycles. The first kappa shape index (κ1) is 17.2. The third-order valence-corrected chi connectivity index (χ3v) is 2.74. The summed E-state index contributed by atoms with van der Waals surface area (Å²) in [5.74, 6) is -0.347. The highest BCUT2D eigenvalue weighted by Gasteiger charge is 2.11. The van der Waals surface area contributed by atoms with Gasteiger partial charge in [-0.2, -0.15) is 0 Å². The second kappa shape index (κ2) is 9.21. The van der Waals surface area contributed by atoms with Gasteiger partial charge in [0, 0.05) is 18.7 Å². The van der Waals surface area contributed by atoms with Gasteiger partial charge in [-0.1, -0.05) is 13.5 Å². The van der Waals surface area contributed by atoms with E-state index in [0.29, 0.717) is 37.9 Å². The molecule has 0 spiro atoms. The summed E-state index contributed by atoms with van der Waals surface area (Å²) in [6.45, 7) is 6.29. The van der Waals surface area contributed by atoms with Gasteiger partial charge in [-0.05, 0) is 25.2 Å². The molecule has 0 aliphatic rings. The lowest BCUT2D eigenvalue weighted by Crippen LogP contribution is -2.34. The average molecular weight is 271 g/mol. The largest absolute Gasteiger partial charge is 0.374 e. The van der Waals surface area contributed by atoms with Crippen molar-refractivity contribution in [2.45, 2.75) is 38.8 Å². The average Bonchev–Trinajstić information content (AvgIpc) is 2.31. The lowest BCUT2D eigenvalue weighted by atomic mass is 10.0. The van der Waals surface area contributed by atoms with Gasteiger partial charge >= 0.3 is 0 Å². The van der Waals surface area contributed by atoms with E-state index in [1.54, 1.807) is 0 Å². The Morgan fingerprint density at radius 3 is 2.58 bits per heavy atom. The molecule has 8 N–H and O–H groups in total. The van der Waals surface area contributed by atoms with Crippen molar-refractivity contribution in [1.82, 2.24) is 10.6 Å². The number of hydrogen-bond acceptors (Lipinski definition) is 4. The fourth-order valence-electron chi connectivity index (χ4n) is 1.48. The van der Waals surface area contributed by atoms with Crippen LogP contribution in [0.1, 0.15) is 32.6 Å². The van der Waals surface area contributed by atoms with Crippen LogP contribution in [0.2, 0.25) is 0 Å². The number of carbonyl (C=O) groups is 1. The highest BCUT2D eigenvalue weighted by atomic mass is 16.3. The van der Waals surface area contributed by atoms with Gasteiger partial charge in [0.25, 0.3) is 0 Å². The van der Waals surface area contributed by atoms with E-state index in [1.807, 2.05) is 6.92 Å². The zero-order valence-electron chi connectivity index (χ0n) is 11.4. The van der Waals surface area contributed by atoms with Gasteiger partial charge in [0.2, 0.25) is 5.91 Å². The quantitative estimate of drug-likeness (QED) is 0.139. The standard InChI is InChI=1S/C12H25N5O2/c1-8(5-6-10(13)18)9(2)17-11(19)4-3-7-16-12(14)15/h8,11,17,19H,2-7H2,1H3,(H2,13,18)(H4,14,15,16)/t8-,11+/m0/s1. The van der Waals surface area contributed by atoms with E-state index in [0.717, 1.165) is 0 Å². The molecule has 0 aromatic heterocycles. The van der Waals surface area contributed by atoms with Gasteiger partial charge in [-0.15, -0.1) is 0 Å². The topological polar surface area (TPSA) is 137 Å². The molecule has 0 fully saturated rings. The molecule has 0 saturated heterocycles. The van der Waals surface area contributed by atoms with E-state index in [9.17, 15) is 9.90 Å². The van der Waals surface area contributed by atoms with Crippen LogP contribution in [-0.2, 0) is 4.79 Å². The Kier molecular flexibility index (Phi) is 8.35. The molecule has 7 heteroatoms. The van der Waals surface area contributed by atoms with Crippen LogP contribution in [0.4, 0.5) is 0 Å². The molecule has 110 valence electrons. The fraction of sp³-hybridized carbons (Fsp3) is 0.667. The van der Waals surface area contributed by atoms with Gasteiger partial charge in [0.15, 0.2) is 5.96 Å². The number of aliphatic hydroxyl groups excluding tert-OH is 1. The first-order chi connectivity index (χ1) is 8.82. The molecular formula is C12H25N5O2. The van der Waals surface area contributed by atoms with E-state index < -0.39 is 6.23 Å². The Morgan fingerprint density at radius 1 is 1.42 bits per heavy atom. The molecule has 2 atom stereocenters. The summed E-state index contributed by atoms with van der Waals surface area (Å²) in [5.41, 5.74) is 10.9. The molecule has 0 bridgehead atoms. The number of nitrogens with one attached hydrogen (secondary N) is 3. The minimum atomic E-state index is -0.697. The van der Waals surface area contributed by atoms with E-state index in [-0.39, 0.29) is 17.8 Å². The third kappa shape index (κ3) is 9.90. The Hall–Kier alpha value is -1.76. The Labute approximate surface area is 113 Å². The predicted molar refractivity (Wildman–Crippen MR) is 75.0 cm³/mol. The van der Waals surface area contributed by atoms with Gasteiger partial charge in [0.1, 0.15) is 6.23 Å². The van der Waals surface area contributed by atoms with Crippen LogP contribution >= 0.6 is 0 Å². The summed E-state index contributed by atoms with van der Waals surface area (Å²) in [6.07, 6.45) is 1.41. The number of guanidine groups is 1. The van der Waals surface area contributed by atoms with Crippen LogP contribution in [0, 0.1) is 11.3 Å². The number of hydrogen-bond donors (Lipinski definition) is 6. The van der Waals surface area contributed by atoms with Crippen molar-refractivity contribution >= 4 is 11.9 Å². The zero-order valence-corrected chi connectivity index (χ0v) is 11.4. The van der Waals surface area contributed by atoms with Crippen LogP contribution < -0.4 is 22.1 Å². The summed E-state index contributed by atoms with van der Waals surface area (Å²) in [7, 11) is 0. The molecule has 0 aliphatic heterocycles. The van der Waals surface area contributed by atoms with Crippen LogP contribution in [0.15, 0.2) is 12.3 Å². The second-order valence-electron chi connectivity index (χ2n) is 4.57. The van der Waals surface area contributed by atoms with Gasteiger partial charge in [-0.3, -0.25) is 10.2 Å². The first-order valence-electron chi connectivity index (χ1n) is 6.32. The van der Waals surface area contributed by atoms with Crippen molar-refractivity contribution in [1.29, 1.82) is 5.41 Å². The van der Waals surface area contributed by atoms with E-state index in [2.05, 4.69) is 17.2 Å². The summed E-state index contributed by atoms with van der Waals surface area (Å²) in [4.78, 5) is 10.7. The lowest BCUT2D eigenvalue weighted by Gasteiger charge is -2.20. The molecule has 0 aromatic rings. The van der Waals surface area contributed by atoms with Crippen molar-refractivity contribution in [3.8, 4) is 0 Å². The van der Waals surface area contributed by atoms with E-state index >= 15 is 0 Å². The number of aliphatic hydroxyl groups is 1. The molecule has 0 aromatic carbocycles. The van der Waals surface area contributed by atoms with Crippen molar-refractivity contribution in [2.24, 2.45) is 17.4 Å². The molecule has 1 amide bonds. The molecule has 0 radical (unpaired) electrons. The van der Waals surface area contributed by atoms with Gasteiger partial charge in [-0.25, -0.2) is 0 Å². The summed E-state index contributed by atoms with van der Waals surface area (Å²) >= 11 is 0. The minimum Gasteiger partial charge on any atom is -0.374 e. The highest BCUT2D eigenvalue weighted by molar-refractivity contribution is 5.74. The molecule has 0 unspecified atom stereocenters. The Balaban J connectivity index is 3.78. The van der Waals surface area contributed by atoms with Crippen molar-refractivity contribution in [3.63, 3.8) is 0 Å². The van der Waals surface area contributed by atoms with Gasteiger partial charge in [0.05, 0.1) is 0 Å². The van der Waals surface area contributed by atoms with Crippen LogP contribution in [0.3, 0.4) is 0 Å². The molecule has 19 heavy (non-hydrogen) atoms. The Bertz CT molecular complexity index is 319. The Morgan fingerprint density at radius 2 is 2.05 bits per heavy atom. The summed E-state index contributed by atoms with van der Waals surface area (Å²) < 4.78 is 0. The minimum absolute atomic E-state index is 0.0671. The maximum absolute atomic E-state index is 10.7. The molecular weight excluding hydrogens is 246 g/mol. The highest BCUT2D eigenvalue weighted by Crippen LogP contribution is 2.13. The predicted octanol–water partition coefficient (Wildman–Crippen LogP) is -0.427. The summed E-state index contributed by atoms with van der Waals surface area (Å²) in [5, 5.41) is 22.2. The number of amides is 1. The van der Waals surface area contributed by atoms with E-state index in [1.165, 1.54) is 0 Å². The van der Waals surface area contributed by atoms with Crippen molar-refractivity contribution in [2.75, 3.05) is 6.54 Å². The molecule has 7 nitrogen and oxygen atoms in total. The number of rotatable bonds is 10. The van der Waals surface area contributed by atoms with Crippen molar-refractivity contribution in [3.05, 3.63) is 12.3 Å². The number of allylic oxidation sites excluding steroid dienone is 1. The smallest absolute Gasteiger partial charge is 0.217 e. The zero-order chi connectivity index (χ0) is 14.8. The number of carbonyl (C=O) groups excluding carboxylic acids is 1. The molecule has 0 aliphatic carbocycles. The molecule has 0 rings (SSSR count). The maximum Gasteiger partial charge on any atom is 0.217 e. The normalized spacial score (nSPS) is 13.4. The van der Waals surface area contributed by atoms with Crippen LogP contribution in [-0.4, -0.2) is 29.7 Å². The summed E-state index contributed by atoms with van der Waals surface area (Å²) in [6, 6.07) is 0. The van der Waals surface area contributed by atoms with Crippen molar-refractivity contribution < 1.29 is 9.90 Å². The van der Waals surface area contributed by atoms with Crippen LogP contribution in [0.25, 0.3) is 0 Å². The number of primary amides is 1. The lowest BCUT2D eigenvalue weighted by molar-refractivity contribution is -0.118. The monoisotopic (exact) mass is 271 g/mol. The second-order valence-corrected chi connectivity index (χ2v) is 4.57. The van der Waals surface area contributed by atoms with E-state index in [4.69, 9.17) is 16.9 Å². The first-order valence-corrected chi connectivity index (χ1v) is 6.32. The van der Waals surface area contributed by atoms with Gasteiger partial charge < -0.3 is 27.2 Å². The maximum atomic E-state index is 10.7. The van der Waals surface area contributed by atoms with Crippen LogP contribution in [0.5, 0.6) is 0 Å². The fourth-order valence-corrected chi connectivity index (χ4v) is 1.48. The number of nitrogens with two attached hydrogens (primary N) is 2.